The van der Waals surface area contributed by atoms with Crippen LogP contribution < -0.4 is 0 Å². The SMILES string of the molecule is O=C1C2=CC(O)CC3CC1CCN23. The zero-order valence-electron chi connectivity index (χ0n) is 7.44. The number of hydrogen-bond donors (Lipinski definition) is 1. The first-order valence-corrected chi connectivity index (χ1v) is 4.96. The number of nitrogens with zero attached hydrogens (tertiary/aromatic N) is 1. The summed E-state index contributed by atoms with van der Waals surface area (Å²) in [6.45, 7) is 1.01. The Morgan fingerprint density at radius 2 is 2.31 bits per heavy atom. The van der Waals surface area contributed by atoms with E-state index < -0.39 is 0 Å². The van der Waals surface area contributed by atoms with Crippen molar-refractivity contribution >= 4 is 5.78 Å². The minimum absolute atomic E-state index is 0.258. The lowest BCUT2D eigenvalue weighted by molar-refractivity contribution is -0.129. The second kappa shape index (κ2) is 2.35. The van der Waals surface area contributed by atoms with Crippen molar-refractivity contribution in [3.63, 3.8) is 0 Å². The van der Waals surface area contributed by atoms with Crippen molar-refractivity contribution in [2.75, 3.05) is 6.54 Å². The van der Waals surface area contributed by atoms with Crippen molar-refractivity contribution in [3.8, 4) is 0 Å². The van der Waals surface area contributed by atoms with E-state index in [1.807, 2.05) is 0 Å². The lowest BCUT2D eigenvalue weighted by Gasteiger charge is -2.50. The van der Waals surface area contributed by atoms with Gasteiger partial charge in [-0.25, -0.2) is 0 Å². The van der Waals surface area contributed by atoms with E-state index in [4.69, 9.17) is 0 Å². The highest BCUT2D eigenvalue weighted by molar-refractivity contribution is 5.98. The fourth-order valence-corrected chi connectivity index (χ4v) is 2.89. The summed E-state index contributed by atoms with van der Waals surface area (Å²) in [7, 11) is 0. The monoisotopic (exact) mass is 179 g/mol. The number of piperidine rings is 3. The van der Waals surface area contributed by atoms with Gasteiger partial charge in [-0.3, -0.25) is 4.79 Å². The molecule has 4 rings (SSSR count). The number of aliphatic hydroxyl groups is 1. The second-order valence-corrected chi connectivity index (χ2v) is 4.29. The third-order valence-corrected chi connectivity index (χ3v) is 3.51. The number of allylic oxidation sites excluding steroid dienone is 1. The summed E-state index contributed by atoms with van der Waals surface area (Å²) in [5.41, 5.74) is 0.797. The van der Waals surface area contributed by atoms with Gasteiger partial charge in [0.2, 0.25) is 0 Å². The number of hydrogen-bond acceptors (Lipinski definition) is 3. The minimum atomic E-state index is -0.390. The third kappa shape index (κ3) is 0.908. The van der Waals surface area contributed by atoms with Gasteiger partial charge in [0.1, 0.15) is 0 Å². The first-order chi connectivity index (χ1) is 6.25. The van der Waals surface area contributed by atoms with Crippen LogP contribution >= 0.6 is 0 Å². The number of carbonyl (C=O) groups is 1. The van der Waals surface area contributed by atoms with E-state index in [1.165, 1.54) is 0 Å². The molecule has 0 aromatic heterocycles. The lowest BCUT2D eigenvalue weighted by Crippen LogP contribution is -2.55. The molecule has 13 heavy (non-hydrogen) atoms. The van der Waals surface area contributed by atoms with E-state index >= 15 is 0 Å². The predicted molar refractivity (Wildman–Crippen MR) is 46.9 cm³/mol. The summed E-state index contributed by atoms with van der Waals surface area (Å²) in [5.74, 6) is 0.523. The molecule has 0 saturated carbocycles. The van der Waals surface area contributed by atoms with Gasteiger partial charge in [-0.1, -0.05) is 0 Å². The maximum Gasteiger partial charge on any atom is 0.181 e. The van der Waals surface area contributed by atoms with Crippen LogP contribution in [0.15, 0.2) is 11.8 Å². The summed E-state index contributed by atoms with van der Waals surface area (Å²) >= 11 is 0. The van der Waals surface area contributed by atoms with Gasteiger partial charge in [0, 0.05) is 18.5 Å². The molecule has 3 fully saturated rings. The molecule has 3 saturated heterocycles. The largest absolute Gasteiger partial charge is 0.389 e. The van der Waals surface area contributed by atoms with Crippen LogP contribution in [0.25, 0.3) is 0 Å². The first kappa shape index (κ1) is 7.56. The summed E-state index contributed by atoms with van der Waals surface area (Å²) in [5, 5.41) is 9.51. The van der Waals surface area contributed by atoms with Gasteiger partial charge in [0.25, 0.3) is 0 Å². The predicted octanol–water partition coefficient (Wildman–Crippen LogP) is 0.298. The van der Waals surface area contributed by atoms with Gasteiger partial charge in [-0.2, -0.15) is 0 Å². The van der Waals surface area contributed by atoms with E-state index in [1.54, 1.807) is 6.08 Å². The molecule has 0 aliphatic carbocycles. The van der Waals surface area contributed by atoms with Crippen molar-refractivity contribution in [2.45, 2.75) is 31.4 Å². The molecule has 3 nitrogen and oxygen atoms in total. The summed E-state index contributed by atoms with van der Waals surface area (Å²) in [6.07, 6.45) is 4.15. The van der Waals surface area contributed by atoms with Gasteiger partial charge < -0.3 is 10.0 Å². The van der Waals surface area contributed by atoms with Crippen LogP contribution in [0, 0.1) is 5.92 Å². The van der Waals surface area contributed by atoms with E-state index in [9.17, 15) is 9.90 Å². The van der Waals surface area contributed by atoms with Crippen molar-refractivity contribution in [1.29, 1.82) is 0 Å². The Labute approximate surface area is 77.0 Å². The van der Waals surface area contributed by atoms with Gasteiger partial charge in [-0.15, -0.1) is 0 Å². The molecule has 0 aromatic rings. The average molecular weight is 179 g/mol. The summed E-state index contributed by atoms with van der Waals surface area (Å²) in [4.78, 5) is 13.9. The van der Waals surface area contributed by atoms with Gasteiger partial charge in [0.05, 0.1) is 11.8 Å². The van der Waals surface area contributed by atoms with Crippen molar-refractivity contribution < 1.29 is 9.90 Å². The zero-order valence-corrected chi connectivity index (χ0v) is 7.44. The highest BCUT2D eigenvalue weighted by atomic mass is 16.3. The third-order valence-electron chi connectivity index (χ3n) is 3.51. The number of aliphatic hydroxyl groups excluding tert-OH is 1. The van der Waals surface area contributed by atoms with Gasteiger partial charge >= 0.3 is 0 Å². The zero-order chi connectivity index (χ0) is 9.00. The van der Waals surface area contributed by atoms with Gasteiger partial charge in [0.15, 0.2) is 5.78 Å². The normalized spacial score (nSPS) is 42.2. The first-order valence-electron chi connectivity index (χ1n) is 4.96. The fraction of sp³-hybridized carbons (Fsp3) is 0.700. The summed E-state index contributed by atoms with van der Waals surface area (Å²) < 4.78 is 0. The van der Waals surface area contributed by atoms with Crippen LogP contribution in [0.5, 0.6) is 0 Å². The Bertz CT molecular complexity index is 297. The molecule has 0 spiro atoms. The molecule has 0 aromatic carbocycles. The smallest absolute Gasteiger partial charge is 0.181 e. The van der Waals surface area contributed by atoms with E-state index in [2.05, 4.69) is 4.90 Å². The number of fused-ring (bicyclic) bond motifs is 1. The fourth-order valence-electron chi connectivity index (χ4n) is 2.89. The highest BCUT2D eigenvalue weighted by Crippen LogP contribution is 2.40. The molecule has 3 heteroatoms. The van der Waals surface area contributed by atoms with E-state index in [-0.39, 0.29) is 17.8 Å². The standard InChI is InChI=1S/C10H13NO2/c12-8-4-7-3-6-1-2-11(7)9(5-8)10(6)13/h5-8,12H,1-4H2. The molecular formula is C10H13NO2. The van der Waals surface area contributed by atoms with Crippen LogP contribution in [-0.4, -0.2) is 34.5 Å². The van der Waals surface area contributed by atoms with Crippen LogP contribution in [0.4, 0.5) is 0 Å². The molecular weight excluding hydrogens is 166 g/mol. The Balaban J connectivity index is 2.06. The molecule has 3 unspecified atom stereocenters. The molecule has 4 aliphatic rings. The van der Waals surface area contributed by atoms with E-state index in [0.717, 1.165) is 31.5 Å². The summed E-state index contributed by atoms with van der Waals surface area (Å²) in [6, 6.07) is 0.437. The van der Waals surface area contributed by atoms with Crippen LogP contribution in [-0.2, 0) is 4.79 Å². The van der Waals surface area contributed by atoms with Crippen molar-refractivity contribution in [2.24, 2.45) is 5.92 Å². The van der Waals surface area contributed by atoms with Gasteiger partial charge in [-0.05, 0) is 25.3 Å². The minimum Gasteiger partial charge on any atom is -0.389 e. The van der Waals surface area contributed by atoms with E-state index in [0.29, 0.717) is 6.04 Å². The average Bonchev–Trinajstić information content (AvgIpc) is 2.12. The Kier molecular flexibility index (Phi) is 1.37. The van der Waals surface area contributed by atoms with Crippen LogP contribution in [0.3, 0.4) is 0 Å². The quantitative estimate of drug-likeness (QED) is 0.581. The Morgan fingerprint density at radius 3 is 3.15 bits per heavy atom. The molecule has 4 heterocycles. The molecule has 1 N–H and O–H groups in total. The molecule has 0 amide bonds. The molecule has 70 valence electrons. The van der Waals surface area contributed by atoms with Crippen molar-refractivity contribution in [1.82, 2.24) is 4.90 Å². The molecule has 3 atom stereocenters. The number of Topliss-reactive ketones (excluding diaryl/α,β-unsaturated/α-hetero) is 1. The lowest BCUT2D eigenvalue weighted by atomic mass is 9.76. The maximum atomic E-state index is 11.7. The number of rotatable bonds is 0. The second-order valence-electron chi connectivity index (χ2n) is 4.29. The highest BCUT2D eigenvalue weighted by Gasteiger charge is 2.44. The van der Waals surface area contributed by atoms with Crippen molar-refractivity contribution in [3.05, 3.63) is 11.8 Å². The van der Waals surface area contributed by atoms with Crippen LogP contribution in [0.1, 0.15) is 19.3 Å². The number of carbonyl (C=O) groups excluding carboxylic acids is 1. The Morgan fingerprint density at radius 1 is 1.46 bits per heavy atom. The Hall–Kier alpha value is -0.830. The molecule has 4 bridgehead atoms. The maximum absolute atomic E-state index is 11.7. The molecule has 4 aliphatic heterocycles. The topological polar surface area (TPSA) is 40.5 Å². The molecule has 0 radical (unpaired) electrons. The number of ketones is 1. The van der Waals surface area contributed by atoms with Crippen LogP contribution in [0.2, 0.25) is 0 Å².